The van der Waals surface area contributed by atoms with Gasteiger partial charge in [0.25, 0.3) is 5.91 Å². The Morgan fingerprint density at radius 1 is 1.28 bits per heavy atom. The number of aryl methyl sites for hydroxylation is 1. The van der Waals surface area contributed by atoms with Crippen molar-refractivity contribution in [3.63, 3.8) is 0 Å². The quantitative estimate of drug-likeness (QED) is 0.447. The number of amides is 3. The molecular formula is C21H29N3O5. The maximum absolute atomic E-state index is 13.1. The Morgan fingerprint density at radius 2 is 2.00 bits per heavy atom. The lowest BCUT2D eigenvalue weighted by molar-refractivity contribution is -0.140. The van der Waals surface area contributed by atoms with Crippen molar-refractivity contribution < 1.29 is 23.9 Å². The van der Waals surface area contributed by atoms with Crippen LogP contribution >= 0.6 is 0 Å². The largest absolute Gasteiger partial charge is 0.469 e. The Kier molecular flexibility index (Phi) is 5.82. The van der Waals surface area contributed by atoms with Gasteiger partial charge < -0.3 is 14.6 Å². The summed E-state index contributed by atoms with van der Waals surface area (Å²) in [4.78, 5) is 51.0. The lowest BCUT2D eigenvalue weighted by atomic mass is 9.73. The molecule has 1 saturated heterocycles. The van der Waals surface area contributed by atoms with E-state index in [0.29, 0.717) is 24.2 Å². The van der Waals surface area contributed by atoms with Crippen LogP contribution in [-0.2, 0) is 20.9 Å². The molecule has 0 bridgehead atoms. The summed E-state index contributed by atoms with van der Waals surface area (Å²) in [7, 11) is 1.34. The van der Waals surface area contributed by atoms with Crippen molar-refractivity contribution in [1.29, 1.82) is 0 Å². The number of ether oxygens (including phenoxy) is 1. The van der Waals surface area contributed by atoms with Crippen LogP contribution < -0.4 is 5.32 Å². The molecule has 1 aromatic rings. The molecule has 1 aliphatic carbocycles. The molecule has 1 aliphatic heterocycles. The molecule has 1 N–H and O–H groups in total. The van der Waals surface area contributed by atoms with Crippen molar-refractivity contribution in [1.82, 2.24) is 14.8 Å². The monoisotopic (exact) mass is 403 g/mol. The van der Waals surface area contributed by atoms with Crippen molar-refractivity contribution in [2.45, 2.75) is 65.0 Å². The Bertz CT molecular complexity index is 859. The number of nitrogens with one attached hydrogen (secondary N) is 1. The molecule has 29 heavy (non-hydrogen) atoms. The van der Waals surface area contributed by atoms with Crippen LogP contribution in [0.3, 0.4) is 0 Å². The average molecular weight is 403 g/mol. The molecule has 1 saturated carbocycles. The smallest absolute Gasteiger partial charge is 0.325 e. The summed E-state index contributed by atoms with van der Waals surface area (Å²) in [6, 6.07) is 1.25. The topological polar surface area (TPSA) is 97.7 Å². The zero-order chi connectivity index (χ0) is 21.3. The molecule has 2 fully saturated rings. The number of urea groups is 1. The summed E-state index contributed by atoms with van der Waals surface area (Å²) in [6.07, 6.45) is 3.64. The number of carbonyl (C=O) groups excluding carboxylic acids is 4. The van der Waals surface area contributed by atoms with E-state index in [1.807, 2.05) is 18.4 Å². The van der Waals surface area contributed by atoms with E-state index in [0.717, 1.165) is 29.9 Å². The first kappa shape index (κ1) is 21.1. The van der Waals surface area contributed by atoms with E-state index >= 15 is 0 Å². The zero-order valence-electron chi connectivity index (χ0n) is 17.5. The van der Waals surface area contributed by atoms with Gasteiger partial charge in [-0.05, 0) is 38.7 Å². The molecule has 8 nitrogen and oxygen atoms in total. The van der Waals surface area contributed by atoms with Gasteiger partial charge in [-0.1, -0.05) is 19.8 Å². The van der Waals surface area contributed by atoms with Gasteiger partial charge in [0.1, 0.15) is 5.54 Å². The van der Waals surface area contributed by atoms with E-state index in [1.165, 1.54) is 7.11 Å². The van der Waals surface area contributed by atoms with Crippen LogP contribution in [0.4, 0.5) is 4.79 Å². The number of aromatic nitrogens is 1. The molecule has 2 heterocycles. The first-order chi connectivity index (χ1) is 13.7. The fourth-order valence-corrected chi connectivity index (χ4v) is 4.60. The highest BCUT2D eigenvalue weighted by Gasteiger charge is 2.55. The summed E-state index contributed by atoms with van der Waals surface area (Å²) in [5.41, 5.74) is 1.15. The maximum atomic E-state index is 13.1. The van der Waals surface area contributed by atoms with Gasteiger partial charge in [0.05, 0.1) is 20.1 Å². The van der Waals surface area contributed by atoms with Crippen LogP contribution in [0.5, 0.6) is 0 Å². The number of ketones is 1. The molecule has 158 valence electrons. The third-order valence-corrected chi connectivity index (χ3v) is 6.44. The number of nitrogens with zero attached hydrogens (tertiary/aromatic N) is 2. The van der Waals surface area contributed by atoms with E-state index in [2.05, 4.69) is 10.1 Å². The molecule has 2 atom stereocenters. The lowest BCUT2D eigenvalue weighted by Gasteiger charge is -2.36. The van der Waals surface area contributed by atoms with Gasteiger partial charge in [-0.25, -0.2) is 4.79 Å². The van der Waals surface area contributed by atoms with Crippen molar-refractivity contribution in [3.05, 3.63) is 23.0 Å². The molecular weight excluding hydrogens is 374 g/mol. The van der Waals surface area contributed by atoms with E-state index in [4.69, 9.17) is 0 Å². The molecule has 0 radical (unpaired) electrons. The number of methoxy groups -OCH3 is 1. The van der Waals surface area contributed by atoms with E-state index in [1.54, 1.807) is 13.0 Å². The number of imide groups is 1. The Balaban J connectivity index is 1.76. The van der Waals surface area contributed by atoms with Gasteiger partial charge in [-0.2, -0.15) is 0 Å². The Morgan fingerprint density at radius 3 is 2.66 bits per heavy atom. The second kappa shape index (κ2) is 8.00. The van der Waals surface area contributed by atoms with Gasteiger partial charge in [0, 0.05) is 23.5 Å². The SMILES string of the molecule is COC(=O)CCn1c(C)cc(C(=O)CN2C(=O)N[C@]3(CCCC[C@H]3C)C2=O)c1C. The van der Waals surface area contributed by atoms with Crippen LogP contribution in [0.2, 0.25) is 0 Å². The Hall–Kier alpha value is -2.64. The standard InChI is InChI=1S/C21H29N3O5/c1-13-7-5-6-9-21(13)19(27)24(20(28)22-21)12-17(25)16-11-14(2)23(15(16)3)10-8-18(26)29-4/h11,13H,5-10,12H2,1-4H3,(H,22,28)/t13-,21+/m1/s1. The minimum absolute atomic E-state index is 0.0520. The van der Waals surface area contributed by atoms with Crippen molar-refractivity contribution in [2.24, 2.45) is 5.92 Å². The maximum Gasteiger partial charge on any atom is 0.325 e. The van der Waals surface area contributed by atoms with Crippen molar-refractivity contribution >= 4 is 23.7 Å². The number of Topliss-reactive ketones (excluding diaryl/α,β-unsaturated/α-hetero) is 1. The molecule has 8 heteroatoms. The van der Waals surface area contributed by atoms with E-state index < -0.39 is 11.6 Å². The summed E-state index contributed by atoms with van der Waals surface area (Å²) in [5.74, 6) is -0.846. The molecule has 1 spiro atoms. The first-order valence-electron chi connectivity index (χ1n) is 10.1. The van der Waals surface area contributed by atoms with Gasteiger partial charge in [-0.15, -0.1) is 0 Å². The fraction of sp³-hybridized carbons (Fsp3) is 0.619. The van der Waals surface area contributed by atoms with Crippen LogP contribution in [0, 0.1) is 19.8 Å². The Labute approximate surface area is 170 Å². The summed E-state index contributed by atoms with van der Waals surface area (Å²) >= 11 is 0. The predicted octanol–water partition coefficient (Wildman–Crippen LogP) is 2.35. The normalized spacial score (nSPS) is 24.1. The molecule has 1 aromatic heterocycles. The van der Waals surface area contributed by atoms with Gasteiger partial charge in [-0.3, -0.25) is 19.3 Å². The minimum Gasteiger partial charge on any atom is -0.469 e. The lowest BCUT2D eigenvalue weighted by Crippen LogP contribution is -2.54. The third-order valence-electron chi connectivity index (χ3n) is 6.44. The number of hydrogen-bond acceptors (Lipinski definition) is 5. The van der Waals surface area contributed by atoms with Gasteiger partial charge >= 0.3 is 12.0 Å². The van der Waals surface area contributed by atoms with Crippen molar-refractivity contribution in [2.75, 3.05) is 13.7 Å². The number of esters is 1. The second-order valence-corrected chi connectivity index (χ2v) is 8.13. The van der Waals surface area contributed by atoms with Crippen LogP contribution in [-0.4, -0.2) is 52.4 Å². The summed E-state index contributed by atoms with van der Waals surface area (Å²) in [5, 5.41) is 2.87. The highest BCUT2D eigenvalue weighted by molar-refractivity contribution is 6.11. The number of hydrogen-bond donors (Lipinski definition) is 1. The van der Waals surface area contributed by atoms with Crippen LogP contribution in [0.25, 0.3) is 0 Å². The average Bonchev–Trinajstić information content (AvgIpc) is 3.10. The predicted molar refractivity (Wildman–Crippen MR) is 105 cm³/mol. The molecule has 0 unspecified atom stereocenters. The van der Waals surface area contributed by atoms with E-state index in [9.17, 15) is 19.2 Å². The third kappa shape index (κ3) is 3.68. The minimum atomic E-state index is -0.868. The van der Waals surface area contributed by atoms with Crippen LogP contribution in [0.15, 0.2) is 6.07 Å². The second-order valence-electron chi connectivity index (χ2n) is 8.13. The van der Waals surface area contributed by atoms with Crippen molar-refractivity contribution in [3.8, 4) is 0 Å². The highest BCUT2D eigenvalue weighted by Crippen LogP contribution is 2.38. The summed E-state index contributed by atoms with van der Waals surface area (Å²) in [6.45, 7) is 5.76. The molecule has 3 rings (SSSR count). The van der Waals surface area contributed by atoms with Gasteiger partial charge in [0.2, 0.25) is 0 Å². The molecule has 2 aliphatic rings. The highest BCUT2D eigenvalue weighted by atomic mass is 16.5. The first-order valence-corrected chi connectivity index (χ1v) is 10.1. The number of carbonyl (C=O) groups is 4. The molecule has 3 amide bonds. The fourth-order valence-electron chi connectivity index (χ4n) is 4.60. The van der Waals surface area contributed by atoms with Crippen LogP contribution in [0.1, 0.15) is 60.8 Å². The van der Waals surface area contributed by atoms with E-state index in [-0.39, 0.29) is 36.5 Å². The van der Waals surface area contributed by atoms with Gasteiger partial charge in [0.15, 0.2) is 5.78 Å². The number of rotatable bonds is 6. The summed E-state index contributed by atoms with van der Waals surface area (Å²) < 4.78 is 6.55. The molecule has 0 aromatic carbocycles. The zero-order valence-corrected chi connectivity index (χ0v) is 17.5.